The molecule has 0 aromatic carbocycles. The number of amides is 2. The number of halogens is 3. The summed E-state index contributed by atoms with van der Waals surface area (Å²) in [5.74, 6) is -2.14. The molecule has 2 amide bonds. The van der Waals surface area contributed by atoms with Crippen molar-refractivity contribution in [2.75, 3.05) is 39.5 Å². The van der Waals surface area contributed by atoms with Crippen LogP contribution in [0.15, 0.2) is 16.7 Å². The van der Waals surface area contributed by atoms with E-state index < -0.39 is 18.0 Å². The number of rotatable bonds is 5. The maximum absolute atomic E-state index is 12.9. The number of hydrogen-bond acceptors (Lipinski definition) is 8. The Kier molecular flexibility index (Phi) is 6.76. The molecule has 4 heterocycles. The summed E-state index contributed by atoms with van der Waals surface area (Å²) in [6.45, 7) is 2.54. The number of carbonyl (C=O) groups is 2. The van der Waals surface area contributed by atoms with Crippen LogP contribution in [0.3, 0.4) is 0 Å². The van der Waals surface area contributed by atoms with Crippen LogP contribution in [-0.4, -0.2) is 72.4 Å². The molecule has 0 saturated carbocycles. The predicted molar refractivity (Wildman–Crippen MR) is 105 cm³/mol. The molecule has 2 aliphatic heterocycles. The number of alkyl halides is 3. The summed E-state index contributed by atoms with van der Waals surface area (Å²) in [6, 6.07) is 2.63. The van der Waals surface area contributed by atoms with E-state index in [9.17, 15) is 22.8 Å². The molecule has 0 spiro atoms. The lowest BCUT2D eigenvalue weighted by Crippen LogP contribution is -2.55. The van der Waals surface area contributed by atoms with Gasteiger partial charge in [-0.2, -0.15) is 18.2 Å². The third kappa shape index (κ3) is 5.10. The van der Waals surface area contributed by atoms with E-state index in [0.717, 1.165) is 11.3 Å². The van der Waals surface area contributed by atoms with Gasteiger partial charge in [-0.25, -0.2) is 0 Å². The van der Waals surface area contributed by atoms with Crippen molar-refractivity contribution in [2.24, 2.45) is 5.92 Å². The Balaban J connectivity index is 1.36. The van der Waals surface area contributed by atoms with Crippen molar-refractivity contribution in [3.05, 3.63) is 22.9 Å². The van der Waals surface area contributed by atoms with Gasteiger partial charge in [0, 0.05) is 32.2 Å². The van der Waals surface area contributed by atoms with Gasteiger partial charge in [0.15, 0.2) is 0 Å². The Hall–Kier alpha value is -2.51. The summed E-state index contributed by atoms with van der Waals surface area (Å²) in [4.78, 5) is 31.1. The fourth-order valence-electron chi connectivity index (χ4n) is 3.61. The molecule has 1 N–H and O–H groups in total. The minimum absolute atomic E-state index is 0.0480. The Morgan fingerprint density at radius 2 is 1.97 bits per heavy atom. The molecule has 2 fully saturated rings. The second-order valence-electron chi connectivity index (χ2n) is 7.44. The summed E-state index contributed by atoms with van der Waals surface area (Å²) in [5, 5.41) is 6.10. The van der Waals surface area contributed by atoms with E-state index in [1.165, 1.54) is 12.1 Å². The number of nitrogens with one attached hydrogen (secondary N) is 1. The molecule has 0 radical (unpaired) electrons. The molecule has 4 rings (SSSR count). The number of aromatic nitrogens is 2. The standard InChI is InChI=1S/C19H21F3N4O5S/c20-19(21,22)18-24-15(25-31-18)13-1-2-14(32-13)16(27)23-9-12-10-30-8-5-26(12)17(28)11-3-6-29-7-4-11/h1-2,11-12H,3-10H2,(H,23,27). The zero-order valence-electron chi connectivity index (χ0n) is 16.9. The first-order valence-corrected chi connectivity index (χ1v) is 10.9. The fourth-order valence-corrected chi connectivity index (χ4v) is 4.46. The van der Waals surface area contributed by atoms with Crippen LogP contribution in [0, 0.1) is 5.92 Å². The summed E-state index contributed by atoms with van der Waals surface area (Å²) < 4.78 is 52.9. The van der Waals surface area contributed by atoms with Crippen molar-refractivity contribution in [1.82, 2.24) is 20.4 Å². The Bertz CT molecular complexity index is 957. The monoisotopic (exact) mass is 474 g/mol. The molecule has 1 unspecified atom stereocenters. The topological polar surface area (TPSA) is 107 Å². The Morgan fingerprint density at radius 3 is 2.69 bits per heavy atom. The van der Waals surface area contributed by atoms with Crippen LogP contribution in [0.25, 0.3) is 10.7 Å². The quantitative estimate of drug-likeness (QED) is 0.708. The molecule has 32 heavy (non-hydrogen) atoms. The first-order chi connectivity index (χ1) is 15.3. The zero-order chi connectivity index (χ0) is 22.7. The molecule has 1 atom stereocenters. The fraction of sp³-hybridized carbons (Fsp3) is 0.579. The van der Waals surface area contributed by atoms with Crippen LogP contribution in [-0.2, 0) is 20.4 Å². The first kappa shape index (κ1) is 22.7. The highest BCUT2D eigenvalue weighted by Gasteiger charge is 2.39. The van der Waals surface area contributed by atoms with Crippen LogP contribution < -0.4 is 5.32 Å². The highest BCUT2D eigenvalue weighted by atomic mass is 32.1. The van der Waals surface area contributed by atoms with Gasteiger partial charge < -0.3 is 24.2 Å². The highest BCUT2D eigenvalue weighted by molar-refractivity contribution is 7.17. The summed E-state index contributed by atoms with van der Waals surface area (Å²) in [5.41, 5.74) is 0. The molecule has 2 saturated heterocycles. The van der Waals surface area contributed by atoms with E-state index in [1.54, 1.807) is 4.90 Å². The molecule has 13 heteroatoms. The summed E-state index contributed by atoms with van der Waals surface area (Å²) >= 11 is 0.944. The molecule has 9 nitrogen and oxygen atoms in total. The molecule has 0 bridgehead atoms. The number of ether oxygens (including phenoxy) is 2. The van der Waals surface area contributed by atoms with E-state index in [2.05, 4.69) is 20.0 Å². The zero-order valence-corrected chi connectivity index (χ0v) is 17.7. The largest absolute Gasteiger partial charge is 0.471 e. The number of morpholine rings is 1. The molecule has 0 aliphatic carbocycles. The second-order valence-corrected chi connectivity index (χ2v) is 8.53. The van der Waals surface area contributed by atoms with Crippen molar-refractivity contribution < 1.29 is 36.8 Å². The smallest absolute Gasteiger partial charge is 0.381 e. The number of nitrogens with zero attached hydrogens (tertiary/aromatic N) is 3. The van der Waals surface area contributed by atoms with E-state index in [4.69, 9.17) is 9.47 Å². The lowest BCUT2D eigenvalue weighted by Gasteiger charge is -2.38. The molecular formula is C19H21F3N4O5S. The van der Waals surface area contributed by atoms with E-state index >= 15 is 0 Å². The van der Waals surface area contributed by atoms with Crippen LogP contribution in [0.1, 0.15) is 28.4 Å². The SMILES string of the molecule is O=C(NCC1COCCN1C(=O)C1CCOCC1)c1ccc(-c2noc(C(F)(F)F)n2)s1. The third-order valence-electron chi connectivity index (χ3n) is 5.30. The van der Waals surface area contributed by atoms with Gasteiger partial charge in [-0.3, -0.25) is 9.59 Å². The van der Waals surface area contributed by atoms with Crippen LogP contribution in [0.4, 0.5) is 13.2 Å². The van der Waals surface area contributed by atoms with Crippen molar-refractivity contribution in [3.63, 3.8) is 0 Å². The van der Waals surface area contributed by atoms with Crippen LogP contribution in [0.5, 0.6) is 0 Å². The summed E-state index contributed by atoms with van der Waals surface area (Å²) in [7, 11) is 0. The van der Waals surface area contributed by atoms with Gasteiger partial charge in [-0.1, -0.05) is 5.16 Å². The lowest BCUT2D eigenvalue weighted by molar-refractivity contribution is -0.159. The molecule has 2 aromatic rings. The van der Waals surface area contributed by atoms with E-state index in [-0.39, 0.29) is 40.0 Å². The predicted octanol–water partition coefficient (Wildman–Crippen LogP) is 2.20. The minimum atomic E-state index is -4.74. The first-order valence-electron chi connectivity index (χ1n) is 10.1. The average molecular weight is 474 g/mol. The molecular weight excluding hydrogens is 453 g/mol. The Labute approximate surface area is 184 Å². The number of thiophene rings is 1. The van der Waals surface area contributed by atoms with Gasteiger partial charge in [-0.05, 0) is 25.0 Å². The van der Waals surface area contributed by atoms with Gasteiger partial charge in [0.2, 0.25) is 11.7 Å². The molecule has 174 valence electrons. The van der Waals surface area contributed by atoms with Crippen molar-refractivity contribution in [3.8, 4) is 10.7 Å². The van der Waals surface area contributed by atoms with Crippen LogP contribution in [0.2, 0.25) is 0 Å². The number of carbonyl (C=O) groups excluding carboxylic acids is 2. The van der Waals surface area contributed by atoms with Gasteiger partial charge in [0.25, 0.3) is 5.91 Å². The molecule has 2 aromatic heterocycles. The van der Waals surface area contributed by atoms with Gasteiger partial charge in [-0.15, -0.1) is 11.3 Å². The average Bonchev–Trinajstić information content (AvgIpc) is 3.47. The second kappa shape index (κ2) is 9.55. The summed E-state index contributed by atoms with van der Waals surface area (Å²) in [6.07, 6.45) is -3.38. The maximum Gasteiger partial charge on any atom is 0.471 e. The molecule has 2 aliphatic rings. The maximum atomic E-state index is 12.9. The van der Waals surface area contributed by atoms with Gasteiger partial charge >= 0.3 is 12.1 Å². The van der Waals surface area contributed by atoms with Crippen molar-refractivity contribution in [1.29, 1.82) is 0 Å². The third-order valence-corrected chi connectivity index (χ3v) is 6.38. The van der Waals surface area contributed by atoms with E-state index in [1.807, 2.05) is 0 Å². The van der Waals surface area contributed by atoms with Gasteiger partial charge in [0.05, 0.1) is 29.0 Å². The van der Waals surface area contributed by atoms with Crippen molar-refractivity contribution >= 4 is 23.2 Å². The highest BCUT2D eigenvalue weighted by Crippen LogP contribution is 2.31. The Morgan fingerprint density at radius 1 is 1.19 bits per heavy atom. The minimum Gasteiger partial charge on any atom is -0.381 e. The van der Waals surface area contributed by atoms with E-state index in [0.29, 0.717) is 45.8 Å². The van der Waals surface area contributed by atoms with Crippen molar-refractivity contribution in [2.45, 2.75) is 25.1 Å². The van der Waals surface area contributed by atoms with Crippen LogP contribution >= 0.6 is 11.3 Å². The lowest BCUT2D eigenvalue weighted by atomic mass is 9.97. The normalized spacial score (nSPS) is 20.3. The number of hydrogen-bond donors (Lipinski definition) is 1. The van der Waals surface area contributed by atoms with Gasteiger partial charge in [0.1, 0.15) is 0 Å².